The standard InChI is InChI=1S/C36H56O15/c1-3-5-6-7-8-9-10-11-12-13-14-15-16-17-18-19-28(39)49-24(21-46-27(38)4-2)22-47-35-34(45)32(43)30(41)26(51-35)23-48-36-33(44)31(42)29(40)25(20-37)50-36/h5-6,8-9,11-12,14-15,17-18,24-26,29-37,40-45H,3-4,7,10,13,16,19-23H2,1-2H3/b6-5-,9-8-,12-11-,15-14-,18-17-. The molecule has 11 atom stereocenters. The van der Waals surface area contributed by atoms with Crippen LogP contribution in [0.5, 0.6) is 0 Å². The molecule has 15 nitrogen and oxygen atoms in total. The summed E-state index contributed by atoms with van der Waals surface area (Å²) < 4.78 is 32.4. The van der Waals surface area contributed by atoms with Crippen molar-refractivity contribution in [3.63, 3.8) is 0 Å². The van der Waals surface area contributed by atoms with E-state index < -0.39 is 99.3 Å². The Hall–Kier alpha value is -2.80. The lowest BCUT2D eigenvalue weighted by molar-refractivity contribution is -0.332. The number of aliphatic hydroxyl groups is 7. The van der Waals surface area contributed by atoms with Crippen LogP contribution in [-0.4, -0.2) is 142 Å². The van der Waals surface area contributed by atoms with E-state index in [1.165, 1.54) is 0 Å². The molecule has 7 N–H and O–H groups in total. The van der Waals surface area contributed by atoms with Gasteiger partial charge in [-0.3, -0.25) is 9.59 Å². The lowest BCUT2D eigenvalue weighted by atomic mass is 9.98. The normalized spacial score (nSPS) is 31.0. The van der Waals surface area contributed by atoms with Crippen LogP contribution in [-0.2, 0) is 38.0 Å². The number of aliphatic hydroxyl groups excluding tert-OH is 7. The predicted molar refractivity (Wildman–Crippen MR) is 183 cm³/mol. The monoisotopic (exact) mass is 728 g/mol. The van der Waals surface area contributed by atoms with E-state index in [0.29, 0.717) is 6.42 Å². The molecule has 2 aliphatic heterocycles. The third-order valence-corrected chi connectivity index (χ3v) is 7.85. The highest BCUT2D eigenvalue weighted by Crippen LogP contribution is 2.26. The smallest absolute Gasteiger partial charge is 0.310 e. The minimum absolute atomic E-state index is 0.0728. The first kappa shape index (κ1) is 44.4. The fourth-order valence-electron chi connectivity index (χ4n) is 4.86. The van der Waals surface area contributed by atoms with Gasteiger partial charge in [-0.05, 0) is 32.1 Å². The highest BCUT2D eigenvalue weighted by Gasteiger charge is 2.47. The van der Waals surface area contributed by atoms with Gasteiger partial charge in [-0.15, -0.1) is 0 Å². The topological polar surface area (TPSA) is 231 Å². The fourth-order valence-corrected chi connectivity index (χ4v) is 4.86. The third kappa shape index (κ3) is 16.2. The molecule has 2 rings (SSSR count). The molecule has 2 aliphatic rings. The summed E-state index contributed by atoms with van der Waals surface area (Å²) in [7, 11) is 0. The Morgan fingerprint density at radius 2 is 1.10 bits per heavy atom. The summed E-state index contributed by atoms with van der Waals surface area (Å²) in [6.07, 6.45) is 7.36. The summed E-state index contributed by atoms with van der Waals surface area (Å²) in [4.78, 5) is 24.3. The summed E-state index contributed by atoms with van der Waals surface area (Å²) in [6.45, 7) is 1.67. The second kappa shape index (κ2) is 25.2. The molecule has 0 spiro atoms. The van der Waals surface area contributed by atoms with E-state index in [0.717, 1.165) is 25.7 Å². The Balaban J connectivity index is 1.85. The number of rotatable bonds is 22. The first-order chi connectivity index (χ1) is 24.5. The van der Waals surface area contributed by atoms with Gasteiger partial charge in [-0.25, -0.2) is 0 Å². The van der Waals surface area contributed by atoms with Gasteiger partial charge in [0, 0.05) is 6.42 Å². The highest BCUT2D eigenvalue weighted by atomic mass is 16.7. The molecule has 0 amide bonds. The molecule has 290 valence electrons. The molecule has 15 heteroatoms. The van der Waals surface area contributed by atoms with Crippen molar-refractivity contribution in [2.24, 2.45) is 0 Å². The Bertz CT molecular complexity index is 1140. The summed E-state index contributed by atoms with van der Waals surface area (Å²) in [5, 5.41) is 70.9. The molecule has 0 bridgehead atoms. The number of allylic oxidation sites excluding steroid dienone is 9. The molecule has 11 unspecified atom stereocenters. The predicted octanol–water partition coefficient (Wildman–Crippen LogP) is 0.634. The van der Waals surface area contributed by atoms with E-state index >= 15 is 0 Å². The van der Waals surface area contributed by atoms with Crippen LogP contribution < -0.4 is 0 Å². The van der Waals surface area contributed by atoms with E-state index in [4.69, 9.17) is 28.4 Å². The minimum atomic E-state index is -1.78. The second-order valence-corrected chi connectivity index (χ2v) is 11.9. The van der Waals surface area contributed by atoms with Gasteiger partial charge in [0.15, 0.2) is 18.7 Å². The Morgan fingerprint density at radius 3 is 1.63 bits per heavy atom. The lowest BCUT2D eigenvalue weighted by Crippen LogP contribution is -2.61. The van der Waals surface area contributed by atoms with Crippen molar-refractivity contribution < 1.29 is 73.8 Å². The molecule has 2 fully saturated rings. The van der Waals surface area contributed by atoms with Gasteiger partial charge in [-0.2, -0.15) is 0 Å². The fraction of sp³-hybridized carbons (Fsp3) is 0.667. The van der Waals surface area contributed by atoms with Gasteiger partial charge >= 0.3 is 11.9 Å². The molecule has 0 aromatic heterocycles. The van der Waals surface area contributed by atoms with Crippen LogP contribution in [0.4, 0.5) is 0 Å². The Morgan fingerprint density at radius 1 is 0.608 bits per heavy atom. The van der Waals surface area contributed by atoms with Gasteiger partial charge in [0.1, 0.15) is 55.4 Å². The zero-order valence-electron chi connectivity index (χ0n) is 29.3. The molecule has 0 aromatic rings. The molecule has 0 radical (unpaired) electrons. The number of carbonyl (C=O) groups excluding carboxylic acids is 2. The average molecular weight is 729 g/mol. The highest BCUT2D eigenvalue weighted by molar-refractivity contribution is 5.71. The molecule has 0 aliphatic carbocycles. The van der Waals surface area contributed by atoms with E-state index in [2.05, 4.69) is 43.4 Å². The van der Waals surface area contributed by atoms with Crippen LogP contribution in [0.2, 0.25) is 0 Å². The third-order valence-electron chi connectivity index (χ3n) is 7.85. The van der Waals surface area contributed by atoms with Crippen molar-refractivity contribution in [1.82, 2.24) is 0 Å². The first-order valence-electron chi connectivity index (χ1n) is 17.4. The minimum Gasteiger partial charge on any atom is -0.462 e. The summed E-state index contributed by atoms with van der Waals surface area (Å²) in [5.74, 6) is -1.18. The van der Waals surface area contributed by atoms with Crippen LogP contribution in [0.15, 0.2) is 60.8 Å². The van der Waals surface area contributed by atoms with Gasteiger partial charge in [0.05, 0.1) is 26.2 Å². The van der Waals surface area contributed by atoms with Crippen LogP contribution in [0.1, 0.15) is 58.8 Å². The first-order valence-corrected chi connectivity index (χ1v) is 17.4. The largest absolute Gasteiger partial charge is 0.462 e. The molecule has 0 saturated carbocycles. The number of carbonyl (C=O) groups is 2. The molecular weight excluding hydrogens is 672 g/mol. The zero-order chi connectivity index (χ0) is 37.6. The Kier molecular flexibility index (Phi) is 21.9. The van der Waals surface area contributed by atoms with E-state index in [1.807, 2.05) is 18.2 Å². The maximum Gasteiger partial charge on any atom is 0.310 e. The maximum absolute atomic E-state index is 12.6. The van der Waals surface area contributed by atoms with E-state index in [9.17, 15) is 45.3 Å². The van der Waals surface area contributed by atoms with Crippen molar-refractivity contribution in [3.8, 4) is 0 Å². The summed E-state index contributed by atoms with van der Waals surface area (Å²) >= 11 is 0. The number of esters is 2. The van der Waals surface area contributed by atoms with Crippen LogP contribution >= 0.6 is 0 Å². The Labute approximate surface area is 299 Å². The molecule has 0 aromatic carbocycles. The quantitative estimate of drug-likeness (QED) is 0.0599. The zero-order valence-corrected chi connectivity index (χ0v) is 29.3. The van der Waals surface area contributed by atoms with Gasteiger partial charge < -0.3 is 64.2 Å². The van der Waals surface area contributed by atoms with E-state index in [-0.39, 0.29) is 19.4 Å². The second-order valence-electron chi connectivity index (χ2n) is 11.9. The molecule has 2 heterocycles. The van der Waals surface area contributed by atoms with Gasteiger partial charge in [-0.1, -0.05) is 74.6 Å². The lowest BCUT2D eigenvalue weighted by Gasteiger charge is -2.42. The van der Waals surface area contributed by atoms with Crippen molar-refractivity contribution in [2.75, 3.05) is 26.4 Å². The number of hydrogen-bond acceptors (Lipinski definition) is 15. The SMILES string of the molecule is CC/C=C\C/C=C\C/C=C\C/C=C\C/C=C\CC(=O)OC(COC(=O)CC)COC1OC(COC2OC(CO)C(O)C(O)C2O)C(O)C(O)C1O. The van der Waals surface area contributed by atoms with Gasteiger partial charge in [0.2, 0.25) is 0 Å². The van der Waals surface area contributed by atoms with Crippen LogP contribution in [0.3, 0.4) is 0 Å². The molecule has 2 saturated heterocycles. The molecular formula is C36H56O15. The molecule has 51 heavy (non-hydrogen) atoms. The van der Waals surface area contributed by atoms with Crippen LogP contribution in [0.25, 0.3) is 0 Å². The van der Waals surface area contributed by atoms with Gasteiger partial charge in [0.25, 0.3) is 0 Å². The number of ether oxygens (including phenoxy) is 6. The summed E-state index contributed by atoms with van der Waals surface area (Å²) in [5.41, 5.74) is 0. The average Bonchev–Trinajstić information content (AvgIpc) is 3.13. The summed E-state index contributed by atoms with van der Waals surface area (Å²) in [6, 6.07) is 0. The van der Waals surface area contributed by atoms with Crippen LogP contribution in [0, 0.1) is 0 Å². The van der Waals surface area contributed by atoms with Crippen molar-refractivity contribution in [1.29, 1.82) is 0 Å². The van der Waals surface area contributed by atoms with Crippen molar-refractivity contribution >= 4 is 11.9 Å². The number of hydrogen-bond donors (Lipinski definition) is 7. The van der Waals surface area contributed by atoms with Crippen molar-refractivity contribution in [2.45, 2.75) is 126 Å². The van der Waals surface area contributed by atoms with E-state index in [1.54, 1.807) is 13.0 Å². The van der Waals surface area contributed by atoms with Crippen molar-refractivity contribution in [3.05, 3.63) is 60.8 Å². The maximum atomic E-state index is 12.6.